The van der Waals surface area contributed by atoms with Crippen molar-refractivity contribution in [2.45, 2.75) is 0 Å². The van der Waals surface area contributed by atoms with Crippen molar-refractivity contribution >= 4 is 53.7 Å². The molecule has 0 unspecified atom stereocenters. The standard InChI is InChI=1S/C16H9Br2N3/c17-10-3-5-14-13(8-10)12-4-2-11(18)9-15(12)21(14)16-19-6-1-7-20-16/h1-9H. The molecule has 2 aromatic heterocycles. The second-order valence-electron chi connectivity index (χ2n) is 4.71. The van der Waals surface area contributed by atoms with Crippen molar-refractivity contribution < 1.29 is 0 Å². The Morgan fingerprint density at radius 2 is 1.48 bits per heavy atom. The van der Waals surface area contributed by atoms with Gasteiger partial charge in [0.25, 0.3) is 0 Å². The highest BCUT2D eigenvalue weighted by atomic mass is 79.9. The van der Waals surface area contributed by atoms with Crippen LogP contribution in [0.1, 0.15) is 0 Å². The molecular formula is C16H9Br2N3. The van der Waals surface area contributed by atoms with Crippen LogP contribution in [-0.2, 0) is 0 Å². The number of benzene rings is 2. The van der Waals surface area contributed by atoms with E-state index in [9.17, 15) is 0 Å². The molecule has 2 aromatic carbocycles. The first-order valence-corrected chi connectivity index (χ1v) is 7.99. The zero-order chi connectivity index (χ0) is 14.4. The average molecular weight is 403 g/mol. The topological polar surface area (TPSA) is 30.7 Å². The molecule has 0 atom stereocenters. The molecule has 2 heterocycles. The Labute approximate surface area is 137 Å². The number of hydrogen-bond acceptors (Lipinski definition) is 2. The second-order valence-corrected chi connectivity index (χ2v) is 6.54. The Bertz CT molecular complexity index is 962. The molecule has 5 heteroatoms. The normalized spacial score (nSPS) is 11.3. The molecule has 0 aliphatic carbocycles. The van der Waals surface area contributed by atoms with Crippen molar-refractivity contribution in [1.29, 1.82) is 0 Å². The van der Waals surface area contributed by atoms with Crippen LogP contribution >= 0.6 is 31.9 Å². The van der Waals surface area contributed by atoms with Gasteiger partial charge >= 0.3 is 0 Å². The zero-order valence-corrected chi connectivity index (χ0v) is 14.0. The molecule has 0 aliphatic rings. The van der Waals surface area contributed by atoms with Gasteiger partial charge < -0.3 is 0 Å². The van der Waals surface area contributed by atoms with Gasteiger partial charge in [-0.05, 0) is 36.4 Å². The fraction of sp³-hybridized carbons (Fsp3) is 0. The summed E-state index contributed by atoms with van der Waals surface area (Å²) in [6.45, 7) is 0. The van der Waals surface area contributed by atoms with E-state index in [1.165, 1.54) is 10.8 Å². The summed E-state index contributed by atoms with van der Waals surface area (Å²) in [5, 5.41) is 2.36. The molecule has 0 radical (unpaired) electrons. The van der Waals surface area contributed by atoms with Crippen molar-refractivity contribution in [1.82, 2.24) is 14.5 Å². The van der Waals surface area contributed by atoms with E-state index in [4.69, 9.17) is 0 Å². The van der Waals surface area contributed by atoms with Crippen LogP contribution in [0.25, 0.3) is 27.8 Å². The van der Waals surface area contributed by atoms with Crippen molar-refractivity contribution in [2.75, 3.05) is 0 Å². The van der Waals surface area contributed by atoms with E-state index in [1.807, 2.05) is 12.1 Å². The first-order valence-electron chi connectivity index (χ1n) is 6.41. The predicted octanol–water partition coefficient (Wildman–Crippen LogP) is 5.10. The largest absolute Gasteiger partial charge is 0.278 e. The highest BCUT2D eigenvalue weighted by Crippen LogP contribution is 2.34. The van der Waals surface area contributed by atoms with Gasteiger partial charge in [0.15, 0.2) is 0 Å². The minimum Gasteiger partial charge on any atom is -0.278 e. The SMILES string of the molecule is Brc1ccc2c(c1)c1ccc(Br)cc1n2-c1ncccn1. The van der Waals surface area contributed by atoms with Crippen molar-refractivity contribution in [3.8, 4) is 5.95 Å². The predicted molar refractivity (Wildman–Crippen MR) is 91.8 cm³/mol. The Kier molecular flexibility index (Phi) is 3.05. The fourth-order valence-corrected chi connectivity index (χ4v) is 3.30. The van der Waals surface area contributed by atoms with Gasteiger partial charge in [-0.25, -0.2) is 9.97 Å². The minimum atomic E-state index is 0.679. The average Bonchev–Trinajstić information content (AvgIpc) is 2.81. The second kappa shape index (κ2) is 4.93. The highest BCUT2D eigenvalue weighted by Gasteiger charge is 2.14. The maximum absolute atomic E-state index is 4.40. The molecule has 102 valence electrons. The maximum atomic E-state index is 4.40. The molecular weight excluding hydrogens is 394 g/mol. The summed E-state index contributed by atoms with van der Waals surface area (Å²) in [6.07, 6.45) is 3.52. The first-order chi connectivity index (χ1) is 10.2. The van der Waals surface area contributed by atoms with Crippen LogP contribution in [0.5, 0.6) is 0 Å². The van der Waals surface area contributed by atoms with E-state index < -0.39 is 0 Å². The lowest BCUT2D eigenvalue weighted by molar-refractivity contribution is 0.988. The lowest BCUT2D eigenvalue weighted by Crippen LogP contribution is -1.99. The summed E-state index contributed by atoms with van der Waals surface area (Å²) in [4.78, 5) is 8.80. The van der Waals surface area contributed by atoms with Crippen LogP contribution in [-0.4, -0.2) is 14.5 Å². The van der Waals surface area contributed by atoms with Gasteiger partial charge in [0.1, 0.15) is 0 Å². The van der Waals surface area contributed by atoms with E-state index in [2.05, 4.69) is 76.7 Å². The number of halogens is 2. The van der Waals surface area contributed by atoms with Gasteiger partial charge in [-0.2, -0.15) is 0 Å². The third-order valence-corrected chi connectivity index (χ3v) is 4.43. The lowest BCUT2D eigenvalue weighted by atomic mass is 10.2. The smallest absolute Gasteiger partial charge is 0.234 e. The molecule has 0 N–H and O–H groups in total. The van der Waals surface area contributed by atoms with Crippen molar-refractivity contribution in [3.63, 3.8) is 0 Å². The number of rotatable bonds is 1. The van der Waals surface area contributed by atoms with Gasteiger partial charge in [-0.1, -0.05) is 37.9 Å². The van der Waals surface area contributed by atoms with Crippen molar-refractivity contribution in [3.05, 3.63) is 63.8 Å². The fourth-order valence-electron chi connectivity index (χ4n) is 2.59. The minimum absolute atomic E-state index is 0.679. The van der Waals surface area contributed by atoms with Gasteiger partial charge in [-0.3, -0.25) is 4.57 Å². The summed E-state index contributed by atoms with van der Waals surface area (Å²) < 4.78 is 4.18. The molecule has 0 bridgehead atoms. The van der Waals surface area contributed by atoms with Gasteiger partial charge in [0.2, 0.25) is 5.95 Å². The van der Waals surface area contributed by atoms with Gasteiger partial charge in [0, 0.05) is 32.1 Å². The van der Waals surface area contributed by atoms with Crippen molar-refractivity contribution in [2.24, 2.45) is 0 Å². The van der Waals surface area contributed by atoms with Gasteiger partial charge in [0.05, 0.1) is 11.0 Å². The van der Waals surface area contributed by atoms with Gasteiger partial charge in [-0.15, -0.1) is 0 Å². The number of hydrogen-bond donors (Lipinski definition) is 0. The van der Waals surface area contributed by atoms with Crippen LogP contribution in [0, 0.1) is 0 Å². The molecule has 21 heavy (non-hydrogen) atoms. The molecule has 3 nitrogen and oxygen atoms in total. The summed E-state index contributed by atoms with van der Waals surface area (Å²) in [6, 6.07) is 14.3. The van der Waals surface area contributed by atoms with E-state index in [-0.39, 0.29) is 0 Å². The molecule has 0 fully saturated rings. The summed E-state index contributed by atoms with van der Waals surface area (Å²) in [7, 11) is 0. The maximum Gasteiger partial charge on any atom is 0.234 e. The van der Waals surface area contributed by atoms with E-state index in [0.717, 1.165) is 20.0 Å². The first kappa shape index (κ1) is 13.0. The molecule has 4 rings (SSSR count). The molecule has 0 aliphatic heterocycles. The third-order valence-electron chi connectivity index (χ3n) is 3.44. The van der Waals surface area contributed by atoms with Crippen LogP contribution in [0.4, 0.5) is 0 Å². The Hall–Kier alpha value is -1.72. The molecule has 0 spiro atoms. The Morgan fingerprint density at radius 1 is 0.762 bits per heavy atom. The number of aromatic nitrogens is 3. The summed E-state index contributed by atoms with van der Waals surface area (Å²) in [5.41, 5.74) is 2.18. The van der Waals surface area contributed by atoms with Crippen LogP contribution in [0.15, 0.2) is 63.8 Å². The van der Waals surface area contributed by atoms with Crippen LogP contribution in [0.2, 0.25) is 0 Å². The molecule has 0 saturated carbocycles. The zero-order valence-electron chi connectivity index (χ0n) is 10.8. The summed E-state index contributed by atoms with van der Waals surface area (Å²) >= 11 is 7.10. The number of fused-ring (bicyclic) bond motifs is 3. The van der Waals surface area contributed by atoms with Crippen LogP contribution < -0.4 is 0 Å². The van der Waals surface area contributed by atoms with E-state index >= 15 is 0 Å². The molecule has 0 saturated heterocycles. The highest BCUT2D eigenvalue weighted by molar-refractivity contribution is 9.10. The van der Waals surface area contributed by atoms with E-state index in [0.29, 0.717) is 5.95 Å². The Morgan fingerprint density at radius 3 is 2.29 bits per heavy atom. The molecule has 4 aromatic rings. The molecule has 0 amide bonds. The number of nitrogens with zero attached hydrogens (tertiary/aromatic N) is 3. The lowest BCUT2D eigenvalue weighted by Gasteiger charge is -2.04. The van der Waals surface area contributed by atoms with Crippen LogP contribution in [0.3, 0.4) is 0 Å². The quantitative estimate of drug-likeness (QED) is 0.443. The summed E-state index contributed by atoms with van der Waals surface area (Å²) in [5.74, 6) is 0.679. The monoisotopic (exact) mass is 401 g/mol. The third kappa shape index (κ3) is 2.08. The van der Waals surface area contributed by atoms with E-state index in [1.54, 1.807) is 12.4 Å². The Balaban J connectivity index is 2.23.